The Balaban J connectivity index is 1.43. The zero-order valence-electron chi connectivity index (χ0n) is 20.2. The van der Waals surface area contributed by atoms with Crippen LogP contribution in [0.1, 0.15) is 70.4 Å². The Kier molecular flexibility index (Phi) is 4.99. The van der Waals surface area contributed by atoms with E-state index < -0.39 is 14.1 Å². The van der Waals surface area contributed by atoms with E-state index in [4.69, 9.17) is 13.9 Å². The molecule has 4 aliphatic rings. The van der Waals surface area contributed by atoms with Crippen molar-refractivity contribution in [1.82, 2.24) is 0 Å². The fourth-order valence-electron chi connectivity index (χ4n) is 6.97. The monoisotopic (exact) mass is 444 g/mol. The minimum absolute atomic E-state index is 0.00847. The van der Waals surface area contributed by atoms with Crippen LogP contribution in [0.4, 0.5) is 0 Å². The van der Waals surface area contributed by atoms with E-state index >= 15 is 0 Å². The van der Waals surface area contributed by atoms with Gasteiger partial charge < -0.3 is 19.0 Å². The molecule has 3 fully saturated rings. The van der Waals surface area contributed by atoms with Crippen LogP contribution >= 0.6 is 0 Å². The van der Waals surface area contributed by atoms with Crippen LogP contribution in [0.3, 0.4) is 0 Å². The first-order valence-electron chi connectivity index (χ1n) is 12.3. The first-order chi connectivity index (χ1) is 14.5. The molecule has 1 heterocycles. The molecule has 2 saturated carbocycles. The molecule has 31 heavy (non-hydrogen) atoms. The number of hydrogen-bond donors (Lipinski definition) is 1. The quantitative estimate of drug-likeness (QED) is 0.600. The molecular formula is C26H40O4Si. The summed E-state index contributed by atoms with van der Waals surface area (Å²) in [5.74, 6) is 1.74. The second kappa shape index (κ2) is 7.06. The maximum atomic E-state index is 11.4. The van der Waals surface area contributed by atoms with Crippen LogP contribution in [0.2, 0.25) is 18.1 Å². The number of benzene rings is 1. The fourth-order valence-corrected chi connectivity index (χ4v) is 8.00. The summed E-state index contributed by atoms with van der Waals surface area (Å²) in [6.07, 6.45) is 4.69. The first kappa shape index (κ1) is 21.9. The van der Waals surface area contributed by atoms with Crippen LogP contribution in [0.25, 0.3) is 0 Å². The number of fused-ring (bicyclic) bond motifs is 6. The lowest BCUT2D eigenvalue weighted by Crippen LogP contribution is -2.54. The van der Waals surface area contributed by atoms with Crippen molar-refractivity contribution in [3.05, 3.63) is 29.3 Å². The van der Waals surface area contributed by atoms with Crippen molar-refractivity contribution in [3.63, 3.8) is 0 Å². The largest absolute Gasteiger partial charge is 0.543 e. The molecule has 3 aliphatic carbocycles. The molecule has 5 heteroatoms. The molecule has 1 saturated heterocycles. The van der Waals surface area contributed by atoms with Gasteiger partial charge in [-0.15, -0.1) is 0 Å². The van der Waals surface area contributed by atoms with E-state index in [1.807, 2.05) is 0 Å². The van der Waals surface area contributed by atoms with Gasteiger partial charge in [0.2, 0.25) is 8.32 Å². The third-order valence-corrected chi connectivity index (χ3v) is 14.1. The van der Waals surface area contributed by atoms with E-state index in [0.717, 1.165) is 37.9 Å². The molecule has 1 spiro atoms. The zero-order chi connectivity index (χ0) is 22.2. The lowest BCUT2D eigenvalue weighted by atomic mass is 9.54. The Hall–Kier alpha value is -0.883. The Bertz CT molecular complexity index is 853. The summed E-state index contributed by atoms with van der Waals surface area (Å²) in [6, 6.07) is 6.71. The highest BCUT2D eigenvalue weighted by Crippen LogP contribution is 2.66. The molecule has 172 valence electrons. The molecule has 1 aliphatic heterocycles. The number of ether oxygens (including phenoxy) is 2. The second-order valence-corrected chi connectivity index (χ2v) is 17.0. The summed E-state index contributed by atoms with van der Waals surface area (Å²) >= 11 is 0. The minimum Gasteiger partial charge on any atom is -0.543 e. The molecule has 0 radical (unpaired) electrons. The van der Waals surface area contributed by atoms with Crippen molar-refractivity contribution >= 4 is 8.32 Å². The molecule has 5 atom stereocenters. The standard InChI is InChI=1S/C26H40O4Si/c1-24(2,3)31(5,6)30-18-7-8-19-17(15-18)16-22(27)23-20(19)9-11-25(4)21(23)10-12-26(25)28-13-14-29-26/h7-8,15,20-23,27H,9-14,16H2,1-6H3/t20?,21?,22-,23?,25+/m1/s1. The third-order valence-electron chi connectivity index (χ3n) is 9.70. The van der Waals surface area contributed by atoms with Crippen molar-refractivity contribution in [3.8, 4) is 5.75 Å². The molecule has 4 nitrogen and oxygen atoms in total. The van der Waals surface area contributed by atoms with Crippen LogP contribution in [0, 0.1) is 17.3 Å². The third kappa shape index (κ3) is 3.18. The predicted molar refractivity (Wildman–Crippen MR) is 125 cm³/mol. The van der Waals surface area contributed by atoms with Gasteiger partial charge in [-0.3, -0.25) is 0 Å². The molecule has 5 rings (SSSR count). The van der Waals surface area contributed by atoms with Gasteiger partial charge in [0.25, 0.3) is 0 Å². The smallest absolute Gasteiger partial charge is 0.250 e. The average Bonchev–Trinajstić information content (AvgIpc) is 3.27. The van der Waals surface area contributed by atoms with E-state index in [0.29, 0.717) is 31.0 Å². The first-order valence-corrected chi connectivity index (χ1v) is 15.2. The van der Waals surface area contributed by atoms with Crippen molar-refractivity contribution in [2.45, 2.75) is 95.7 Å². The van der Waals surface area contributed by atoms with Gasteiger partial charge in [-0.25, -0.2) is 0 Å². The molecule has 3 unspecified atom stereocenters. The molecule has 0 amide bonds. The Morgan fingerprint density at radius 3 is 2.48 bits per heavy atom. The Morgan fingerprint density at radius 1 is 1.10 bits per heavy atom. The van der Waals surface area contributed by atoms with Crippen LogP contribution < -0.4 is 4.43 Å². The summed E-state index contributed by atoms with van der Waals surface area (Å²) in [4.78, 5) is 0. The highest BCUT2D eigenvalue weighted by atomic mass is 28.4. The number of aliphatic hydroxyl groups excluding tert-OH is 1. The lowest BCUT2D eigenvalue weighted by Gasteiger charge is -2.54. The second-order valence-electron chi connectivity index (χ2n) is 12.2. The van der Waals surface area contributed by atoms with Crippen LogP contribution in [-0.4, -0.2) is 38.5 Å². The van der Waals surface area contributed by atoms with Crippen LogP contribution in [0.5, 0.6) is 5.75 Å². The molecule has 1 aromatic carbocycles. The Labute approximate surface area is 188 Å². The van der Waals surface area contributed by atoms with E-state index in [9.17, 15) is 5.11 Å². The summed E-state index contributed by atoms with van der Waals surface area (Å²) in [5.41, 5.74) is 2.73. The number of hydrogen-bond acceptors (Lipinski definition) is 4. The van der Waals surface area contributed by atoms with Gasteiger partial charge in [0.05, 0.1) is 19.3 Å². The van der Waals surface area contributed by atoms with Crippen LogP contribution in [0.15, 0.2) is 18.2 Å². The fraction of sp³-hybridized carbons (Fsp3) is 0.769. The number of rotatable bonds is 2. The van der Waals surface area contributed by atoms with Gasteiger partial charge in [-0.1, -0.05) is 33.8 Å². The highest BCUT2D eigenvalue weighted by molar-refractivity contribution is 6.74. The van der Waals surface area contributed by atoms with Gasteiger partial charge in [-0.05, 0) is 84.8 Å². The maximum Gasteiger partial charge on any atom is 0.250 e. The van der Waals surface area contributed by atoms with E-state index in [1.165, 1.54) is 11.1 Å². The van der Waals surface area contributed by atoms with E-state index in [2.05, 4.69) is 59.0 Å². The van der Waals surface area contributed by atoms with Gasteiger partial charge in [-0.2, -0.15) is 0 Å². The average molecular weight is 445 g/mol. The predicted octanol–water partition coefficient (Wildman–Crippen LogP) is 5.64. The van der Waals surface area contributed by atoms with E-state index in [1.54, 1.807) is 0 Å². The summed E-state index contributed by atoms with van der Waals surface area (Å²) in [7, 11) is -1.88. The van der Waals surface area contributed by atoms with Crippen molar-refractivity contribution in [2.75, 3.05) is 13.2 Å². The molecule has 0 bridgehead atoms. The normalized spacial score (nSPS) is 36.7. The minimum atomic E-state index is -1.88. The summed E-state index contributed by atoms with van der Waals surface area (Å²) in [6.45, 7) is 15.2. The SMILES string of the molecule is CC(C)(C)[Si](C)(C)Oc1ccc2c(c1)C[C@@H](O)C1C2CC[C@@]2(C)C1CCC21OCCO1. The maximum absolute atomic E-state index is 11.4. The summed E-state index contributed by atoms with van der Waals surface area (Å²) < 4.78 is 19.0. The van der Waals surface area contributed by atoms with Crippen molar-refractivity contribution < 1.29 is 19.0 Å². The number of aliphatic hydroxyl groups is 1. The molecule has 1 aromatic rings. The van der Waals surface area contributed by atoms with Crippen molar-refractivity contribution in [1.29, 1.82) is 0 Å². The summed E-state index contributed by atoms with van der Waals surface area (Å²) in [5, 5.41) is 11.6. The topological polar surface area (TPSA) is 47.9 Å². The molecule has 0 aromatic heterocycles. The lowest BCUT2D eigenvalue weighted by molar-refractivity contribution is -0.240. The van der Waals surface area contributed by atoms with Gasteiger partial charge in [0, 0.05) is 11.8 Å². The van der Waals surface area contributed by atoms with Gasteiger partial charge in [0.1, 0.15) is 5.75 Å². The molecule has 1 N–H and O–H groups in total. The Morgan fingerprint density at radius 2 is 1.81 bits per heavy atom. The van der Waals surface area contributed by atoms with E-state index in [-0.39, 0.29) is 16.6 Å². The van der Waals surface area contributed by atoms with Crippen molar-refractivity contribution in [2.24, 2.45) is 17.3 Å². The zero-order valence-corrected chi connectivity index (χ0v) is 21.2. The van der Waals surface area contributed by atoms with Crippen LogP contribution in [-0.2, 0) is 15.9 Å². The van der Waals surface area contributed by atoms with Gasteiger partial charge in [0.15, 0.2) is 5.79 Å². The van der Waals surface area contributed by atoms with Gasteiger partial charge >= 0.3 is 0 Å². The molecular weight excluding hydrogens is 404 g/mol. The highest BCUT2D eigenvalue weighted by Gasteiger charge is 2.66.